The lowest BCUT2D eigenvalue weighted by Gasteiger charge is -2.06. The first kappa shape index (κ1) is 14.6. The molecule has 1 N–H and O–H groups in total. The van der Waals surface area contributed by atoms with E-state index in [2.05, 4.69) is 15.6 Å². The molecule has 1 heterocycles. The highest BCUT2D eigenvalue weighted by Gasteiger charge is 2.16. The van der Waals surface area contributed by atoms with Crippen LogP contribution in [0.5, 0.6) is 0 Å². The monoisotopic (exact) mass is 315 g/mol. The lowest BCUT2D eigenvalue weighted by molar-refractivity contribution is -0.387. The quantitative estimate of drug-likeness (QED) is 0.586. The fraction of sp³-hybridized carbons (Fsp3) is 0.0714. The number of halogens is 1. The summed E-state index contributed by atoms with van der Waals surface area (Å²) in [5.74, 6) is -1.42. The number of para-hydroxylation sites is 1. The van der Waals surface area contributed by atoms with Crippen molar-refractivity contribution in [2.24, 2.45) is 0 Å². The van der Waals surface area contributed by atoms with Gasteiger partial charge in [-0.1, -0.05) is 17.3 Å². The van der Waals surface area contributed by atoms with Gasteiger partial charge in [0.2, 0.25) is 11.7 Å². The van der Waals surface area contributed by atoms with Crippen molar-refractivity contribution in [3.63, 3.8) is 0 Å². The predicted octanol–water partition coefficient (Wildman–Crippen LogP) is 2.12. The molecule has 0 fully saturated rings. The van der Waals surface area contributed by atoms with Crippen molar-refractivity contribution in [1.29, 1.82) is 0 Å². The number of amides is 1. The molecule has 1 aromatic heterocycles. The van der Waals surface area contributed by atoms with E-state index in [4.69, 9.17) is 0 Å². The molecule has 0 radical (unpaired) electrons. The van der Waals surface area contributed by atoms with Gasteiger partial charge in [-0.3, -0.25) is 14.9 Å². The predicted molar refractivity (Wildman–Crippen MR) is 79.2 cm³/mol. The van der Waals surface area contributed by atoms with Gasteiger partial charge in [-0.25, -0.2) is 4.68 Å². The normalized spacial score (nSPS) is 10.7. The molecule has 9 heteroatoms. The second-order valence-corrected chi connectivity index (χ2v) is 4.71. The summed E-state index contributed by atoms with van der Waals surface area (Å²) in [4.78, 5) is 21.9. The molecule has 0 aliphatic rings. The molecule has 23 heavy (non-hydrogen) atoms. The third kappa shape index (κ3) is 2.98. The number of nitro groups is 1. The van der Waals surface area contributed by atoms with Crippen LogP contribution in [0, 0.1) is 15.9 Å². The number of nitrogens with zero attached hydrogens (tertiary/aromatic N) is 4. The summed E-state index contributed by atoms with van der Waals surface area (Å²) in [5.41, 5.74) is 0.770. The lowest BCUT2D eigenvalue weighted by atomic mass is 10.2. The van der Waals surface area contributed by atoms with E-state index in [1.54, 1.807) is 24.3 Å². The minimum Gasteiger partial charge on any atom is -0.324 e. The summed E-state index contributed by atoms with van der Waals surface area (Å²) < 4.78 is 14.7. The average Bonchev–Trinajstić information content (AvgIpc) is 2.92. The van der Waals surface area contributed by atoms with Crippen molar-refractivity contribution >= 4 is 28.3 Å². The van der Waals surface area contributed by atoms with Gasteiger partial charge in [0.25, 0.3) is 0 Å². The van der Waals surface area contributed by atoms with Crippen molar-refractivity contribution in [3.8, 4) is 0 Å². The Morgan fingerprint density at radius 2 is 2.09 bits per heavy atom. The van der Waals surface area contributed by atoms with Gasteiger partial charge in [0.05, 0.1) is 10.4 Å². The van der Waals surface area contributed by atoms with Crippen LogP contribution in [0.4, 0.5) is 15.8 Å². The molecule has 3 rings (SSSR count). The molecule has 0 bridgehead atoms. The SMILES string of the molecule is O=C(Cn1nnc2ccccc21)Nc1ccc(F)c([N+](=O)[O-])c1. The van der Waals surface area contributed by atoms with Crippen molar-refractivity contribution < 1.29 is 14.1 Å². The number of anilines is 1. The lowest BCUT2D eigenvalue weighted by Crippen LogP contribution is -2.19. The summed E-state index contributed by atoms with van der Waals surface area (Å²) in [6, 6.07) is 10.3. The second kappa shape index (κ2) is 5.79. The van der Waals surface area contributed by atoms with Crippen LogP contribution in [0.25, 0.3) is 11.0 Å². The van der Waals surface area contributed by atoms with E-state index in [-0.39, 0.29) is 12.2 Å². The Balaban J connectivity index is 1.77. The highest BCUT2D eigenvalue weighted by atomic mass is 19.1. The van der Waals surface area contributed by atoms with Gasteiger partial charge in [0.1, 0.15) is 12.1 Å². The largest absolute Gasteiger partial charge is 0.324 e. The van der Waals surface area contributed by atoms with Crippen molar-refractivity contribution in [1.82, 2.24) is 15.0 Å². The molecule has 0 unspecified atom stereocenters. The number of aromatic nitrogens is 3. The topological polar surface area (TPSA) is 103 Å². The van der Waals surface area contributed by atoms with Crippen LogP contribution >= 0.6 is 0 Å². The van der Waals surface area contributed by atoms with E-state index in [1.165, 1.54) is 10.7 Å². The van der Waals surface area contributed by atoms with Gasteiger partial charge in [0, 0.05) is 11.8 Å². The van der Waals surface area contributed by atoms with Crippen LogP contribution < -0.4 is 5.32 Å². The fourth-order valence-corrected chi connectivity index (χ4v) is 2.10. The molecule has 2 aromatic carbocycles. The molecule has 0 aliphatic heterocycles. The van der Waals surface area contributed by atoms with E-state index >= 15 is 0 Å². The van der Waals surface area contributed by atoms with Crippen LogP contribution in [0.3, 0.4) is 0 Å². The Kier molecular flexibility index (Phi) is 3.67. The van der Waals surface area contributed by atoms with Crippen LogP contribution in [-0.2, 0) is 11.3 Å². The van der Waals surface area contributed by atoms with Gasteiger partial charge in [-0.2, -0.15) is 4.39 Å². The number of fused-ring (bicyclic) bond motifs is 1. The molecule has 8 nitrogen and oxygen atoms in total. The van der Waals surface area contributed by atoms with Crippen molar-refractivity contribution in [2.75, 3.05) is 5.32 Å². The summed E-state index contributed by atoms with van der Waals surface area (Å²) in [5, 5.41) is 21.0. The van der Waals surface area contributed by atoms with E-state index in [9.17, 15) is 19.3 Å². The maximum Gasteiger partial charge on any atom is 0.306 e. The number of carbonyl (C=O) groups is 1. The summed E-state index contributed by atoms with van der Waals surface area (Å²) in [6.07, 6.45) is 0. The van der Waals surface area contributed by atoms with Crippen LogP contribution in [0.1, 0.15) is 0 Å². The minimum atomic E-state index is -0.963. The highest BCUT2D eigenvalue weighted by molar-refractivity contribution is 5.91. The Morgan fingerprint density at radius 1 is 1.30 bits per heavy atom. The maximum atomic E-state index is 13.3. The van der Waals surface area contributed by atoms with E-state index in [0.29, 0.717) is 11.0 Å². The molecule has 0 saturated carbocycles. The summed E-state index contributed by atoms with van der Waals surface area (Å²) in [7, 11) is 0. The van der Waals surface area contributed by atoms with Crippen LogP contribution in [0.2, 0.25) is 0 Å². The van der Waals surface area contributed by atoms with Crippen LogP contribution in [-0.4, -0.2) is 25.8 Å². The number of nitrogens with one attached hydrogen (secondary N) is 1. The first-order valence-corrected chi connectivity index (χ1v) is 6.56. The first-order valence-electron chi connectivity index (χ1n) is 6.56. The van der Waals surface area contributed by atoms with Crippen LogP contribution in [0.15, 0.2) is 42.5 Å². The molecule has 1 amide bonds. The van der Waals surface area contributed by atoms with Crippen molar-refractivity contribution in [3.05, 3.63) is 58.4 Å². The molecule has 3 aromatic rings. The number of hydrogen-bond donors (Lipinski definition) is 1. The molecule has 0 spiro atoms. The first-order chi connectivity index (χ1) is 11.0. The number of hydrogen-bond acceptors (Lipinski definition) is 5. The number of rotatable bonds is 4. The van der Waals surface area contributed by atoms with Gasteiger partial charge >= 0.3 is 5.69 Å². The Labute approximate surface area is 128 Å². The summed E-state index contributed by atoms with van der Waals surface area (Å²) in [6.45, 7) is -0.119. The van der Waals surface area contributed by atoms with E-state index in [0.717, 1.165) is 12.1 Å². The molecular formula is C14H10FN5O3. The maximum absolute atomic E-state index is 13.3. The molecule has 116 valence electrons. The van der Waals surface area contributed by atoms with Gasteiger partial charge in [-0.15, -0.1) is 5.10 Å². The molecule has 0 aliphatic carbocycles. The number of nitro benzene ring substituents is 1. The third-order valence-electron chi connectivity index (χ3n) is 3.14. The zero-order valence-electron chi connectivity index (χ0n) is 11.6. The number of benzene rings is 2. The summed E-state index contributed by atoms with van der Waals surface area (Å²) >= 11 is 0. The Morgan fingerprint density at radius 3 is 2.87 bits per heavy atom. The fourth-order valence-electron chi connectivity index (χ4n) is 2.10. The van der Waals surface area contributed by atoms with E-state index in [1.807, 2.05) is 0 Å². The molecular weight excluding hydrogens is 305 g/mol. The zero-order chi connectivity index (χ0) is 16.4. The Bertz CT molecular complexity index is 908. The van der Waals surface area contributed by atoms with Gasteiger partial charge in [-0.05, 0) is 24.3 Å². The standard InChI is InChI=1S/C14H10FN5O3/c15-10-6-5-9(7-13(10)20(22)23)16-14(21)8-19-12-4-2-1-3-11(12)17-18-19/h1-7H,8H2,(H,16,21). The Hall–Kier alpha value is -3.36. The van der Waals surface area contributed by atoms with E-state index < -0.39 is 22.3 Å². The zero-order valence-corrected chi connectivity index (χ0v) is 11.6. The smallest absolute Gasteiger partial charge is 0.306 e. The van der Waals surface area contributed by atoms with Gasteiger partial charge in [0.15, 0.2) is 0 Å². The third-order valence-corrected chi connectivity index (χ3v) is 3.14. The average molecular weight is 315 g/mol. The van der Waals surface area contributed by atoms with Crippen molar-refractivity contribution in [2.45, 2.75) is 6.54 Å². The molecule has 0 saturated heterocycles. The minimum absolute atomic E-state index is 0.119. The number of carbonyl (C=O) groups excluding carboxylic acids is 1. The molecule has 0 atom stereocenters. The van der Waals surface area contributed by atoms with Gasteiger partial charge < -0.3 is 5.32 Å². The highest BCUT2D eigenvalue weighted by Crippen LogP contribution is 2.21. The second-order valence-electron chi connectivity index (χ2n) is 4.71.